The van der Waals surface area contributed by atoms with Crippen LogP contribution in [0.25, 0.3) is 0 Å². The largest absolute Gasteiger partial charge is 2.00 e. The van der Waals surface area contributed by atoms with Crippen LogP contribution in [-0.4, -0.2) is 31.7 Å². The Bertz CT molecular complexity index is 679. The summed E-state index contributed by atoms with van der Waals surface area (Å²) in [5, 5.41) is 0. The molecule has 50 heavy (non-hydrogen) atoms. The standard InChI is InChI=1S/2C6H8N2.5Mo.2H3O4P.4H2O.15O/c2*7-5-2-1-3-6(8)4-5;;;;;;2*1-5(2,3)4;;;;;;;;;;;;;;;;;;;/h2*1-4H,7-8H2;;;;;;2*(H3,1,2,3,4);4*1H2;;;;;;;;;;;;;;;/q;;;;;;;;;;;;;15*-2. The third-order valence-corrected chi connectivity index (χ3v) is 1.98. The third kappa shape index (κ3) is 254. The SMILES string of the molecule is O.O.O.O.O=P([O-])([O-])O.O=P([O-])([O-])O.[Mo].[Mo].[Mo].[Mo].[Mo].[NH3+]c1cccc([NH3+])c1.[NH3+]c1cccc([NH3+])c1.[O-2].[O-2].[O-2].[O-2].[O-2].[O-2].[O-2].[O-2].[O-2].[O-2].[O-2].[O-2].[O-2].[O-2].[O-2]. The molecule has 22 N–H and O–H groups in total. The second-order valence-corrected chi connectivity index (χ2v) is 6.45. The Balaban J connectivity index is -0.00000000559. The van der Waals surface area contributed by atoms with Crippen LogP contribution >= 0.6 is 15.6 Å². The van der Waals surface area contributed by atoms with Crippen molar-refractivity contribution in [2.24, 2.45) is 0 Å². The maximum absolute atomic E-state index is 8.66. The van der Waals surface area contributed by atoms with Gasteiger partial charge in [-0.2, -0.15) is 0 Å². The van der Waals surface area contributed by atoms with Crippen molar-refractivity contribution in [3.05, 3.63) is 48.5 Å². The summed E-state index contributed by atoms with van der Waals surface area (Å²) in [7, 11) is -10.3. The minimum atomic E-state index is -5.14. The number of benzene rings is 2. The molecule has 0 heterocycles. The molecule has 2 aromatic carbocycles. The minimum Gasteiger partial charge on any atom is -2.00 e. The first-order valence-corrected chi connectivity index (χ1v) is 9.54. The predicted octanol–water partition coefficient (Wildman–Crippen LogP) is -10.6. The number of hydrogen-bond acceptors (Lipinski definition) is 6. The molecule has 2 rings (SSSR count). The summed E-state index contributed by atoms with van der Waals surface area (Å²) in [6, 6.07) is 15.6. The third-order valence-electron chi connectivity index (χ3n) is 1.98. The van der Waals surface area contributed by atoms with E-state index in [1.165, 1.54) is 0 Å². The smallest absolute Gasteiger partial charge is 0.133 e. The molecule has 0 spiro atoms. The first-order valence-electron chi connectivity index (χ1n) is 6.55. The Morgan fingerprint density at radius 3 is 0.500 bits per heavy atom. The Morgan fingerprint density at radius 2 is 0.460 bits per heavy atom. The number of rotatable bonds is 0. The maximum atomic E-state index is 8.66. The quantitative estimate of drug-likeness (QED) is 0.108. The molecular formula is C12H30Mo5N4O27P2-30. The van der Waals surface area contributed by atoms with Gasteiger partial charge in [0, 0.05) is 105 Å². The molecule has 0 saturated carbocycles. The maximum Gasteiger partial charge on any atom is 0.133 e. The molecule has 0 atom stereocenters. The van der Waals surface area contributed by atoms with Gasteiger partial charge >= 0.3 is 0 Å². The zero-order valence-electron chi connectivity index (χ0n) is 23.9. The molecule has 0 aliphatic heterocycles. The number of quaternary nitrogens is 4. The predicted molar refractivity (Wildman–Crippen MR) is 107 cm³/mol. The van der Waals surface area contributed by atoms with Gasteiger partial charge in [0.15, 0.2) is 0 Å². The van der Waals surface area contributed by atoms with Crippen LogP contribution in [0.4, 0.5) is 22.7 Å². The van der Waals surface area contributed by atoms with Crippen LogP contribution in [0.5, 0.6) is 0 Å². The van der Waals surface area contributed by atoms with Crippen LogP contribution in [0, 0.1) is 0 Å². The van der Waals surface area contributed by atoms with Gasteiger partial charge in [0.1, 0.15) is 22.7 Å². The monoisotopic (exact) mass is 1210 g/mol. The van der Waals surface area contributed by atoms with Crippen molar-refractivity contribution in [2.75, 3.05) is 0 Å². The van der Waals surface area contributed by atoms with Crippen molar-refractivity contribution < 1.29 is 271 Å². The van der Waals surface area contributed by atoms with E-state index in [-0.39, 0.29) is 209 Å². The fraction of sp³-hybridized carbons (Fsp3) is 0. The Hall–Kier alpha value is 1.18. The average Bonchev–Trinajstić information content (AvgIpc) is 2.34. The van der Waals surface area contributed by atoms with E-state index >= 15 is 0 Å². The van der Waals surface area contributed by atoms with E-state index in [0.717, 1.165) is 22.7 Å². The topological polar surface area (TPSA) is 831 Å². The molecule has 0 fully saturated rings. The molecule has 38 heteroatoms. The number of phosphoric acid groups is 2. The van der Waals surface area contributed by atoms with Crippen LogP contribution in [0.15, 0.2) is 48.5 Å². The minimum absolute atomic E-state index is 0. The van der Waals surface area contributed by atoms with Crippen molar-refractivity contribution in [1.29, 1.82) is 0 Å². The molecule has 0 aliphatic rings. The molecule has 0 aliphatic carbocycles. The van der Waals surface area contributed by atoms with Crippen LogP contribution < -0.4 is 42.5 Å². The van der Waals surface area contributed by atoms with Gasteiger partial charge in [0.05, 0.1) is 27.8 Å². The van der Waals surface area contributed by atoms with E-state index in [4.69, 9.17) is 38.5 Å². The molecule has 31 nitrogen and oxygen atoms in total. The molecule has 0 radical (unpaired) electrons. The van der Waals surface area contributed by atoms with Gasteiger partial charge in [-0.15, -0.1) is 0 Å². The van der Waals surface area contributed by atoms with E-state index in [2.05, 4.69) is 22.9 Å². The van der Waals surface area contributed by atoms with Crippen molar-refractivity contribution in [3.8, 4) is 0 Å². The molecule has 0 aromatic heterocycles. The molecule has 0 unspecified atom stereocenters. The van der Waals surface area contributed by atoms with E-state index in [1.807, 2.05) is 48.5 Å². The molecular weight excluding hydrogens is 1170 g/mol. The van der Waals surface area contributed by atoms with Crippen molar-refractivity contribution in [1.82, 2.24) is 0 Å². The summed E-state index contributed by atoms with van der Waals surface area (Å²) in [6.07, 6.45) is 0. The fourth-order valence-electron chi connectivity index (χ4n) is 1.26. The van der Waals surface area contributed by atoms with E-state index in [9.17, 15) is 0 Å². The molecule has 330 valence electrons. The summed E-state index contributed by atoms with van der Waals surface area (Å²) in [6.45, 7) is 0. The van der Waals surface area contributed by atoms with Gasteiger partial charge in [-0.3, -0.25) is 0 Å². The summed E-state index contributed by atoms with van der Waals surface area (Å²) in [4.78, 5) is 48.6. The fourth-order valence-corrected chi connectivity index (χ4v) is 1.26. The first kappa shape index (κ1) is 203. The number of hydrogen-bond donors (Lipinski definition) is 6. The average molecular weight is 1200 g/mol. The van der Waals surface area contributed by atoms with Crippen molar-refractivity contribution in [3.63, 3.8) is 0 Å². The van der Waals surface area contributed by atoms with Gasteiger partial charge in [-0.05, 0) is 24.3 Å². The Labute approximate surface area is 355 Å². The Morgan fingerprint density at radius 1 is 0.380 bits per heavy atom. The summed E-state index contributed by atoms with van der Waals surface area (Å²) >= 11 is 0. The van der Waals surface area contributed by atoms with Crippen LogP contribution in [0.2, 0.25) is 0 Å². The van der Waals surface area contributed by atoms with Gasteiger partial charge in [0.25, 0.3) is 0 Å². The van der Waals surface area contributed by atoms with Crippen molar-refractivity contribution >= 4 is 38.4 Å². The second-order valence-electron chi connectivity index (χ2n) is 4.58. The molecule has 2 aromatic rings. The van der Waals surface area contributed by atoms with Crippen LogP contribution in [0.3, 0.4) is 0 Å². The summed E-state index contributed by atoms with van der Waals surface area (Å²) in [5.41, 5.74) is 19.1. The summed E-state index contributed by atoms with van der Waals surface area (Å²) < 4.78 is 17.3. The van der Waals surface area contributed by atoms with Crippen LogP contribution in [-0.2, 0) is 197 Å². The van der Waals surface area contributed by atoms with Gasteiger partial charge < -0.3 is 165 Å². The molecule has 0 amide bonds. The van der Waals surface area contributed by atoms with Gasteiger partial charge in [0.2, 0.25) is 0 Å². The van der Waals surface area contributed by atoms with E-state index < -0.39 is 15.6 Å². The van der Waals surface area contributed by atoms with Crippen molar-refractivity contribution in [2.45, 2.75) is 0 Å². The Kier molecular flexibility index (Phi) is 448. The normalized spacial score (nSPS) is 5.32. The van der Waals surface area contributed by atoms with E-state index in [0.29, 0.717) is 0 Å². The van der Waals surface area contributed by atoms with Gasteiger partial charge in [-0.25, -0.2) is 0 Å². The van der Waals surface area contributed by atoms with E-state index in [1.54, 1.807) is 0 Å². The zero-order chi connectivity index (χ0) is 21.0. The second kappa shape index (κ2) is 110. The molecule has 0 bridgehead atoms. The van der Waals surface area contributed by atoms with Gasteiger partial charge in [-0.1, -0.05) is 12.1 Å². The zero-order valence-corrected chi connectivity index (χ0v) is 35.7. The first-order chi connectivity index (χ1) is 11.6. The summed E-state index contributed by atoms with van der Waals surface area (Å²) in [5.74, 6) is 0. The molecule has 0 saturated heterocycles. The van der Waals surface area contributed by atoms with Crippen LogP contribution in [0.1, 0.15) is 0 Å².